The summed E-state index contributed by atoms with van der Waals surface area (Å²) in [6.07, 6.45) is 2.71. The zero-order valence-corrected chi connectivity index (χ0v) is 10.2. The highest BCUT2D eigenvalue weighted by Gasteiger charge is 2.38. The molecule has 1 aromatic carbocycles. The smallest absolute Gasteiger partial charge is 0.185 e. The summed E-state index contributed by atoms with van der Waals surface area (Å²) in [6, 6.07) is 0.268. The highest BCUT2D eigenvalue weighted by Crippen LogP contribution is 2.32. The molecule has 2 aliphatic heterocycles. The first-order valence-corrected chi connectivity index (χ1v) is 6.41. The number of benzene rings is 1. The van der Waals surface area contributed by atoms with Crippen molar-refractivity contribution in [3.63, 3.8) is 0 Å². The summed E-state index contributed by atoms with van der Waals surface area (Å²) in [5, 5.41) is 2.66. The molecule has 1 N–H and O–H groups in total. The lowest BCUT2D eigenvalue weighted by Crippen LogP contribution is -2.34. The van der Waals surface area contributed by atoms with Gasteiger partial charge in [-0.25, -0.2) is 17.6 Å². The van der Waals surface area contributed by atoms with E-state index >= 15 is 0 Å². The molecule has 2 aliphatic rings. The lowest BCUT2D eigenvalue weighted by atomic mass is 10.1. The van der Waals surface area contributed by atoms with Crippen LogP contribution in [0.1, 0.15) is 19.3 Å². The average molecular weight is 274 g/mol. The van der Waals surface area contributed by atoms with Gasteiger partial charge in [-0.15, -0.1) is 0 Å². The van der Waals surface area contributed by atoms with Crippen molar-refractivity contribution in [1.82, 2.24) is 4.90 Å². The third kappa shape index (κ3) is 2.08. The summed E-state index contributed by atoms with van der Waals surface area (Å²) in [5.41, 5.74) is -0.684. The van der Waals surface area contributed by atoms with Gasteiger partial charge in [0, 0.05) is 24.7 Å². The molecule has 0 spiro atoms. The van der Waals surface area contributed by atoms with E-state index in [1.165, 1.54) is 0 Å². The molecule has 2 nitrogen and oxygen atoms in total. The van der Waals surface area contributed by atoms with Gasteiger partial charge in [0.2, 0.25) is 0 Å². The van der Waals surface area contributed by atoms with E-state index in [-0.39, 0.29) is 18.2 Å². The van der Waals surface area contributed by atoms with Gasteiger partial charge >= 0.3 is 0 Å². The van der Waals surface area contributed by atoms with Crippen molar-refractivity contribution in [1.29, 1.82) is 0 Å². The van der Waals surface area contributed by atoms with Crippen LogP contribution in [-0.2, 0) is 0 Å². The molecule has 0 bridgehead atoms. The van der Waals surface area contributed by atoms with Crippen LogP contribution in [0.2, 0.25) is 0 Å². The van der Waals surface area contributed by atoms with Crippen LogP contribution in [0, 0.1) is 23.3 Å². The largest absolute Gasteiger partial charge is 0.376 e. The van der Waals surface area contributed by atoms with Crippen molar-refractivity contribution < 1.29 is 17.6 Å². The Labute approximate surface area is 108 Å². The molecule has 2 atom stereocenters. The van der Waals surface area contributed by atoms with Gasteiger partial charge in [0.1, 0.15) is 5.69 Å². The molecule has 2 fully saturated rings. The van der Waals surface area contributed by atoms with Gasteiger partial charge in [-0.2, -0.15) is 0 Å². The Balaban J connectivity index is 1.87. The quantitative estimate of drug-likeness (QED) is 0.659. The van der Waals surface area contributed by atoms with Gasteiger partial charge in [0.25, 0.3) is 0 Å². The van der Waals surface area contributed by atoms with E-state index in [4.69, 9.17) is 0 Å². The number of nitrogens with one attached hydrogen (secondary N) is 1. The van der Waals surface area contributed by atoms with E-state index in [1.807, 2.05) is 0 Å². The number of hydrogen-bond donors (Lipinski definition) is 1. The first kappa shape index (κ1) is 12.7. The van der Waals surface area contributed by atoms with E-state index in [9.17, 15) is 17.6 Å². The number of rotatable bonds is 2. The zero-order chi connectivity index (χ0) is 13.6. The van der Waals surface area contributed by atoms with Gasteiger partial charge < -0.3 is 5.32 Å². The van der Waals surface area contributed by atoms with E-state index in [0.717, 1.165) is 32.4 Å². The van der Waals surface area contributed by atoms with Crippen molar-refractivity contribution in [2.75, 3.05) is 18.4 Å². The molecule has 2 saturated heterocycles. The summed E-state index contributed by atoms with van der Waals surface area (Å²) >= 11 is 0. The Kier molecular flexibility index (Phi) is 3.12. The highest BCUT2D eigenvalue weighted by atomic mass is 19.2. The molecule has 19 heavy (non-hydrogen) atoms. The maximum atomic E-state index is 13.6. The first-order valence-electron chi connectivity index (χ1n) is 6.41. The zero-order valence-electron chi connectivity index (χ0n) is 10.2. The summed E-state index contributed by atoms with van der Waals surface area (Å²) in [5.74, 6) is -5.45. The van der Waals surface area contributed by atoms with Crippen molar-refractivity contribution in [3.8, 4) is 0 Å². The fourth-order valence-electron chi connectivity index (χ4n) is 3.14. The molecule has 2 heterocycles. The standard InChI is InChI=1S/C13H14F4N2/c14-7-6-8(15)12(17)13(11(7)16)18-9-3-5-19-4-1-2-10(9)19/h6,9-10,18H,1-5H2. The van der Waals surface area contributed by atoms with Crippen LogP contribution in [-0.4, -0.2) is 30.1 Å². The molecule has 0 saturated carbocycles. The van der Waals surface area contributed by atoms with Crippen LogP contribution in [0.5, 0.6) is 0 Å². The fourth-order valence-corrected chi connectivity index (χ4v) is 3.14. The van der Waals surface area contributed by atoms with Gasteiger partial charge in [-0.1, -0.05) is 0 Å². The molecule has 104 valence electrons. The lowest BCUT2D eigenvalue weighted by Gasteiger charge is -2.22. The van der Waals surface area contributed by atoms with Gasteiger partial charge in [-0.3, -0.25) is 4.90 Å². The van der Waals surface area contributed by atoms with E-state index in [0.29, 0.717) is 0 Å². The second kappa shape index (κ2) is 4.67. The predicted octanol–water partition coefficient (Wildman–Crippen LogP) is 2.89. The predicted molar refractivity (Wildman–Crippen MR) is 62.9 cm³/mol. The van der Waals surface area contributed by atoms with Crippen LogP contribution in [0.4, 0.5) is 23.2 Å². The van der Waals surface area contributed by atoms with Crippen LogP contribution < -0.4 is 5.32 Å². The maximum absolute atomic E-state index is 13.6. The monoisotopic (exact) mass is 274 g/mol. The normalized spacial score (nSPS) is 26.7. The molecule has 0 radical (unpaired) electrons. The minimum Gasteiger partial charge on any atom is -0.376 e. The number of hydrogen-bond acceptors (Lipinski definition) is 2. The minimum absolute atomic E-state index is 0.160. The molecular weight excluding hydrogens is 260 g/mol. The van der Waals surface area contributed by atoms with Crippen LogP contribution in [0.15, 0.2) is 6.07 Å². The number of halogens is 4. The maximum Gasteiger partial charge on any atom is 0.185 e. The molecule has 6 heteroatoms. The van der Waals surface area contributed by atoms with Crippen molar-refractivity contribution in [2.45, 2.75) is 31.3 Å². The fraction of sp³-hybridized carbons (Fsp3) is 0.538. The Morgan fingerprint density at radius 1 is 1.00 bits per heavy atom. The molecule has 0 aromatic heterocycles. The SMILES string of the molecule is Fc1cc(F)c(F)c(NC2CCN3CCCC23)c1F. The highest BCUT2D eigenvalue weighted by molar-refractivity contribution is 5.48. The second-order valence-electron chi connectivity index (χ2n) is 5.13. The second-order valence-corrected chi connectivity index (χ2v) is 5.13. The lowest BCUT2D eigenvalue weighted by molar-refractivity contribution is 0.317. The first-order chi connectivity index (χ1) is 9.08. The number of fused-ring (bicyclic) bond motifs is 1. The Morgan fingerprint density at radius 3 is 2.37 bits per heavy atom. The van der Waals surface area contributed by atoms with Crippen molar-refractivity contribution in [3.05, 3.63) is 29.3 Å². The van der Waals surface area contributed by atoms with Gasteiger partial charge in [0.05, 0.1) is 0 Å². The van der Waals surface area contributed by atoms with Crippen LogP contribution in [0.25, 0.3) is 0 Å². The Morgan fingerprint density at radius 2 is 1.68 bits per heavy atom. The van der Waals surface area contributed by atoms with E-state index in [1.54, 1.807) is 0 Å². The summed E-state index contributed by atoms with van der Waals surface area (Å²) in [7, 11) is 0. The molecule has 1 aromatic rings. The van der Waals surface area contributed by atoms with Crippen molar-refractivity contribution in [2.24, 2.45) is 0 Å². The van der Waals surface area contributed by atoms with Crippen LogP contribution in [0.3, 0.4) is 0 Å². The Bertz CT molecular complexity index is 480. The topological polar surface area (TPSA) is 15.3 Å². The van der Waals surface area contributed by atoms with Crippen molar-refractivity contribution >= 4 is 5.69 Å². The third-order valence-corrected chi connectivity index (χ3v) is 4.05. The summed E-state index contributed by atoms with van der Waals surface area (Å²) < 4.78 is 53.4. The minimum atomic E-state index is -1.37. The molecule has 0 amide bonds. The molecule has 3 rings (SSSR count). The van der Waals surface area contributed by atoms with E-state index < -0.39 is 29.0 Å². The third-order valence-electron chi connectivity index (χ3n) is 4.05. The van der Waals surface area contributed by atoms with E-state index in [2.05, 4.69) is 10.2 Å². The molecule has 2 unspecified atom stereocenters. The molecular formula is C13H14F4N2. The number of nitrogens with zero attached hydrogens (tertiary/aromatic N) is 1. The molecule has 0 aliphatic carbocycles. The van der Waals surface area contributed by atoms with Gasteiger partial charge in [-0.05, 0) is 25.8 Å². The average Bonchev–Trinajstić information content (AvgIpc) is 2.96. The summed E-state index contributed by atoms with van der Waals surface area (Å²) in [6.45, 7) is 1.83. The Hall–Kier alpha value is -1.30. The number of anilines is 1. The van der Waals surface area contributed by atoms with Gasteiger partial charge in [0.15, 0.2) is 23.3 Å². The van der Waals surface area contributed by atoms with Crippen LogP contribution >= 0.6 is 0 Å². The summed E-state index contributed by atoms with van der Waals surface area (Å²) in [4.78, 5) is 2.24.